The molecule has 0 radical (unpaired) electrons. The SMILES string of the molecule is CCOC(=O)c1cn2c(cc1=O)C1=CC(OC)=C(C3=CN(C(C)C)C(=O)CC3)CC1CC2C(C)C(C)C. The molecule has 200 valence electrons. The van der Waals surface area contributed by atoms with Crippen LogP contribution in [0.4, 0.5) is 0 Å². The van der Waals surface area contributed by atoms with Crippen molar-refractivity contribution in [2.45, 2.75) is 79.3 Å². The Morgan fingerprint density at radius 1 is 1.14 bits per heavy atom. The lowest BCUT2D eigenvalue weighted by atomic mass is 9.72. The summed E-state index contributed by atoms with van der Waals surface area (Å²) >= 11 is 0. The average molecular weight is 509 g/mol. The van der Waals surface area contributed by atoms with E-state index < -0.39 is 5.97 Å². The Balaban J connectivity index is 1.85. The number of methoxy groups -OCH3 is 1. The third kappa shape index (κ3) is 5.05. The summed E-state index contributed by atoms with van der Waals surface area (Å²) < 4.78 is 13.2. The van der Waals surface area contributed by atoms with E-state index in [1.165, 1.54) is 0 Å². The number of hydrogen-bond donors (Lipinski definition) is 0. The fourth-order valence-corrected chi connectivity index (χ4v) is 5.84. The second kappa shape index (κ2) is 10.7. The summed E-state index contributed by atoms with van der Waals surface area (Å²) in [6, 6.07) is 1.83. The molecule has 2 aliphatic heterocycles. The third-order valence-corrected chi connectivity index (χ3v) is 8.24. The monoisotopic (exact) mass is 508 g/mol. The molecule has 1 aromatic rings. The topological polar surface area (TPSA) is 77.8 Å². The van der Waals surface area contributed by atoms with Gasteiger partial charge in [-0.05, 0) is 80.6 Å². The molecule has 3 aliphatic rings. The normalized spacial score (nSPS) is 22.4. The van der Waals surface area contributed by atoms with Crippen molar-refractivity contribution in [1.82, 2.24) is 9.47 Å². The number of carbonyl (C=O) groups is 2. The molecule has 3 heterocycles. The molecule has 0 N–H and O–H groups in total. The molecule has 1 aliphatic carbocycles. The van der Waals surface area contributed by atoms with Crippen LogP contribution in [0.1, 0.15) is 89.3 Å². The smallest absolute Gasteiger partial charge is 0.343 e. The zero-order chi connectivity index (χ0) is 27.0. The van der Waals surface area contributed by atoms with Gasteiger partial charge in [0.2, 0.25) is 5.91 Å². The van der Waals surface area contributed by atoms with E-state index in [-0.39, 0.29) is 41.5 Å². The standard InChI is InChI=1S/C30H40N2O5/c1-8-37-30(35)24-16-32-25(19(6)17(2)3)12-21-11-23(20-9-10-29(34)31(15-20)18(4)5)28(36-7)13-22(21)26(32)14-27(24)33/h13-19,21,25H,8-12H2,1-7H3. The van der Waals surface area contributed by atoms with Gasteiger partial charge >= 0.3 is 5.97 Å². The summed E-state index contributed by atoms with van der Waals surface area (Å²) in [6.45, 7) is 12.7. The first-order chi connectivity index (χ1) is 17.6. The molecule has 0 bridgehead atoms. The molecule has 4 rings (SSSR count). The van der Waals surface area contributed by atoms with Gasteiger partial charge in [0.05, 0.1) is 13.7 Å². The molecule has 3 unspecified atom stereocenters. The van der Waals surface area contributed by atoms with Crippen LogP contribution >= 0.6 is 0 Å². The number of rotatable bonds is 7. The molecule has 0 saturated carbocycles. The second-order valence-electron chi connectivity index (χ2n) is 11.1. The van der Waals surface area contributed by atoms with Crippen molar-refractivity contribution >= 4 is 17.4 Å². The summed E-state index contributed by atoms with van der Waals surface area (Å²) in [5.74, 6) is 1.32. The van der Waals surface area contributed by atoms with Crippen LogP contribution in [-0.2, 0) is 14.3 Å². The molecule has 37 heavy (non-hydrogen) atoms. The molecule has 0 saturated heterocycles. The predicted molar refractivity (Wildman–Crippen MR) is 144 cm³/mol. The van der Waals surface area contributed by atoms with Crippen LogP contribution in [0.2, 0.25) is 0 Å². The molecular formula is C30H40N2O5. The van der Waals surface area contributed by atoms with Crippen LogP contribution in [-0.4, -0.2) is 41.1 Å². The number of aromatic nitrogens is 1. The Hall–Kier alpha value is -3.09. The van der Waals surface area contributed by atoms with Crippen molar-refractivity contribution in [1.29, 1.82) is 0 Å². The van der Waals surface area contributed by atoms with E-state index in [0.29, 0.717) is 24.7 Å². The third-order valence-electron chi connectivity index (χ3n) is 8.24. The van der Waals surface area contributed by atoms with E-state index in [1.807, 2.05) is 24.9 Å². The lowest BCUT2D eigenvalue weighted by Gasteiger charge is -2.42. The van der Waals surface area contributed by atoms with Gasteiger partial charge in [-0.15, -0.1) is 0 Å². The molecule has 7 nitrogen and oxygen atoms in total. The van der Waals surface area contributed by atoms with E-state index in [2.05, 4.69) is 31.4 Å². The Morgan fingerprint density at radius 2 is 1.86 bits per heavy atom. The van der Waals surface area contributed by atoms with Crippen LogP contribution in [0, 0.1) is 17.8 Å². The van der Waals surface area contributed by atoms with E-state index in [9.17, 15) is 14.4 Å². The molecule has 1 amide bonds. The highest BCUT2D eigenvalue weighted by molar-refractivity contribution is 5.89. The van der Waals surface area contributed by atoms with Crippen molar-refractivity contribution in [2.24, 2.45) is 17.8 Å². The molecule has 0 aromatic carbocycles. The molecule has 3 atom stereocenters. The zero-order valence-corrected chi connectivity index (χ0v) is 23.2. The van der Waals surface area contributed by atoms with Crippen molar-refractivity contribution in [3.8, 4) is 0 Å². The van der Waals surface area contributed by atoms with Gasteiger partial charge in [0, 0.05) is 42.7 Å². The number of amides is 1. The number of carbonyl (C=O) groups excluding carboxylic acids is 2. The Bertz CT molecular complexity index is 1230. The van der Waals surface area contributed by atoms with Crippen LogP contribution in [0.25, 0.3) is 5.57 Å². The summed E-state index contributed by atoms with van der Waals surface area (Å²) in [5, 5.41) is 0. The lowest BCUT2D eigenvalue weighted by molar-refractivity contribution is -0.130. The van der Waals surface area contributed by atoms with Gasteiger partial charge in [0.15, 0.2) is 5.43 Å². The minimum absolute atomic E-state index is 0.0791. The summed E-state index contributed by atoms with van der Waals surface area (Å²) in [5.41, 5.74) is 3.96. The zero-order valence-electron chi connectivity index (χ0n) is 23.2. The second-order valence-corrected chi connectivity index (χ2v) is 11.1. The van der Waals surface area contributed by atoms with Gasteiger partial charge in [-0.25, -0.2) is 4.79 Å². The van der Waals surface area contributed by atoms with Gasteiger partial charge in [0.1, 0.15) is 11.3 Å². The lowest BCUT2D eigenvalue weighted by Crippen LogP contribution is -2.36. The predicted octanol–water partition coefficient (Wildman–Crippen LogP) is 5.48. The fourth-order valence-electron chi connectivity index (χ4n) is 5.84. The Kier molecular flexibility index (Phi) is 7.81. The summed E-state index contributed by atoms with van der Waals surface area (Å²) in [7, 11) is 1.67. The minimum Gasteiger partial charge on any atom is -0.496 e. The van der Waals surface area contributed by atoms with E-state index in [4.69, 9.17) is 9.47 Å². The maximum Gasteiger partial charge on any atom is 0.343 e. The van der Waals surface area contributed by atoms with E-state index >= 15 is 0 Å². The van der Waals surface area contributed by atoms with E-state index in [1.54, 1.807) is 26.3 Å². The maximum atomic E-state index is 13.1. The van der Waals surface area contributed by atoms with Crippen molar-refractivity contribution < 1.29 is 19.1 Å². The van der Waals surface area contributed by atoms with Gasteiger partial charge < -0.3 is 18.9 Å². The highest BCUT2D eigenvalue weighted by Gasteiger charge is 2.38. The van der Waals surface area contributed by atoms with Gasteiger partial charge in [-0.3, -0.25) is 9.59 Å². The summed E-state index contributed by atoms with van der Waals surface area (Å²) in [6.07, 6.45) is 8.65. The van der Waals surface area contributed by atoms with Crippen LogP contribution in [0.3, 0.4) is 0 Å². The first kappa shape index (κ1) is 27.0. The Labute approximate surface area is 219 Å². The minimum atomic E-state index is -0.577. The molecule has 0 spiro atoms. The molecule has 1 aromatic heterocycles. The quantitative estimate of drug-likeness (QED) is 0.456. The largest absolute Gasteiger partial charge is 0.496 e. The molecule has 0 fully saturated rings. The van der Waals surface area contributed by atoms with Crippen molar-refractivity contribution in [3.05, 3.63) is 62.9 Å². The Morgan fingerprint density at radius 3 is 2.49 bits per heavy atom. The van der Waals surface area contributed by atoms with Crippen LogP contribution in [0.15, 0.2) is 46.2 Å². The first-order valence-electron chi connectivity index (χ1n) is 13.5. The van der Waals surface area contributed by atoms with Crippen molar-refractivity contribution in [3.63, 3.8) is 0 Å². The number of fused-ring (bicyclic) bond motifs is 3. The molecule has 7 heteroatoms. The van der Waals surface area contributed by atoms with Gasteiger partial charge in [0.25, 0.3) is 0 Å². The van der Waals surface area contributed by atoms with Crippen LogP contribution < -0.4 is 5.43 Å². The van der Waals surface area contributed by atoms with Gasteiger partial charge in [-0.2, -0.15) is 0 Å². The number of allylic oxidation sites excluding steroid dienone is 4. The summed E-state index contributed by atoms with van der Waals surface area (Å²) in [4.78, 5) is 39.9. The highest BCUT2D eigenvalue weighted by atomic mass is 16.5. The molecular weight excluding hydrogens is 468 g/mol. The number of nitrogens with zero attached hydrogens (tertiary/aromatic N) is 2. The average Bonchev–Trinajstić information content (AvgIpc) is 2.86. The van der Waals surface area contributed by atoms with E-state index in [0.717, 1.165) is 41.0 Å². The highest BCUT2D eigenvalue weighted by Crippen LogP contribution is 2.49. The first-order valence-corrected chi connectivity index (χ1v) is 13.5. The number of ether oxygens (including phenoxy) is 2. The number of esters is 1. The van der Waals surface area contributed by atoms with Crippen molar-refractivity contribution in [2.75, 3.05) is 13.7 Å². The maximum absolute atomic E-state index is 13.1. The number of hydrogen-bond acceptors (Lipinski definition) is 5. The fraction of sp³-hybridized carbons (Fsp3) is 0.567. The van der Waals surface area contributed by atoms with Crippen LogP contribution in [0.5, 0.6) is 0 Å². The number of pyridine rings is 1. The van der Waals surface area contributed by atoms with Gasteiger partial charge in [-0.1, -0.05) is 20.8 Å².